The summed E-state index contributed by atoms with van der Waals surface area (Å²) in [5.74, 6) is 0.444. The number of nitrogens with one attached hydrogen (secondary N) is 1. The van der Waals surface area contributed by atoms with Crippen molar-refractivity contribution >= 4 is 17.7 Å². The highest BCUT2D eigenvalue weighted by atomic mass is 32.1. The van der Waals surface area contributed by atoms with Crippen molar-refractivity contribution in [1.29, 1.82) is 5.41 Å². The second-order valence-corrected chi connectivity index (χ2v) is 3.44. The van der Waals surface area contributed by atoms with E-state index in [1.54, 1.807) is 0 Å². The van der Waals surface area contributed by atoms with Gasteiger partial charge >= 0.3 is 0 Å². The standard InChI is InChI=1S/C7H14N2S/c1-9-4-2-6(3-5-9)7(8)10/h6H,2-5H2,1H3,(H2,8,10). The summed E-state index contributed by atoms with van der Waals surface area (Å²) >= 11 is 4.04. The maximum Gasteiger partial charge on any atom is 0.0643 e. The highest BCUT2D eigenvalue weighted by Gasteiger charge is 2.17. The molecule has 0 bridgehead atoms. The van der Waals surface area contributed by atoms with Gasteiger partial charge in [0.25, 0.3) is 0 Å². The van der Waals surface area contributed by atoms with Gasteiger partial charge in [0.05, 0.1) is 5.04 Å². The van der Waals surface area contributed by atoms with Gasteiger partial charge in [0.2, 0.25) is 0 Å². The summed E-state index contributed by atoms with van der Waals surface area (Å²) in [7, 11) is 2.12. The molecule has 0 atom stereocenters. The van der Waals surface area contributed by atoms with Gasteiger partial charge in [-0.05, 0) is 33.0 Å². The van der Waals surface area contributed by atoms with Crippen molar-refractivity contribution in [3.8, 4) is 0 Å². The molecule has 0 aromatic carbocycles. The molecule has 0 radical (unpaired) electrons. The van der Waals surface area contributed by atoms with E-state index >= 15 is 0 Å². The number of nitrogens with zero attached hydrogens (tertiary/aromatic N) is 1. The predicted octanol–water partition coefficient (Wildman–Crippen LogP) is 1.24. The van der Waals surface area contributed by atoms with E-state index in [0.717, 1.165) is 25.9 Å². The van der Waals surface area contributed by atoms with Crippen LogP contribution in [0.15, 0.2) is 0 Å². The first kappa shape index (κ1) is 8.08. The molecule has 3 heteroatoms. The van der Waals surface area contributed by atoms with Crippen molar-refractivity contribution in [3.63, 3.8) is 0 Å². The Labute approximate surface area is 67.5 Å². The minimum Gasteiger partial charge on any atom is -0.306 e. The van der Waals surface area contributed by atoms with E-state index < -0.39 is 0 Å². The molecule has 1 heterocycles. The number of hydrogen-bond acceptors (Lipinski definition) is 2. The first-order valence-corrected chi connectivity index (χ1v) is 4.11. The zero-order valence-electron chi connectivity index (χ0n) is 6.30. The largest absolute Gasteiger partial charge is 0.306 e. The van der Waals surface area contributed by atoms with Crippen molar-refractivity contribution in [2.45, 2.75) is 12.8 Å². The van der Waals surface area contributed by atoms with Crippen LogP contribution in [0.3, 0.4) is 0 Å². The first-order valence-electron chi connectivity index (χ1n) is 3.66. The van der Waals surface area contributed by atoms with Gasteiger partial charge in [-0.25, -0.2) is 0 Å². The van der Waals surface area contributed by atoms with Crippen LogP contribution in [0.1, 0.15) is 12.8 Å². The van der Waals surface area contributed by atoms with E-state index in [1.165, 1.54) is 0 Å². The maximum atomic E-state index is 7.30. The summed E-state index contributed by atoms with van der Waals surface area (Å²) in [6.07, 6.45) is 2.22. The molecule has 2 nitrogen and oxygen atoms in total. The van der Waals surface area contributed by atoms with E-state index in [4.69, 9.17) is 5.41 Å². The van der Waals surface area contributed by atoms with Gasteiger partial charge in [-0.1, -0.05) is 0 Å². The van der Waals surface area contributed by atoms with Crippen LogP contribution < -0.4 is 0 Å². The molecule has 0 amide bonds. The Kier molecular flexibility index (Phi) is 2.74. The van der Waals surface area contributed by atoms with Crippen LogP contribution in [0.5, 0.6) is 0 Å². The quantitative estimate of drug-likeness (QED) is 0.335. The third kappa shape index (κ3) is 1.99. The Morgan fingerprint density at radius 2 is 2.00 bits per heavy atom. The van der Waals surface area contributed by atoms with E-state index in [2.05, 4.69) is 24.6 Å². The van der Waals surface area contributed by atoms with Gasteiger partial charge in [0.15, 0.2) is 0 Å². The highest BCUT2D eigenvalue weighted by molar-refractivity contribution is 7.96. The maximum absolute atomic E-state index is 7.30. The lowest BCUT2D eigenvalue weighted by atomic mass is 9.98. The lowest BCUT2D eigenvalue weighted by molar-refractivity contribution is 0.253. The Bertz CT molecular complexity index is 128. The van der Waals surface area contributed by atoms with Gasteiger partial charge < -0.3 is 4.90 Å². The second kappa shape index (κ2) is 3.39. The van der Waals surface area contributed by atoms with Crippen molar-refractivity contribution in [3.05, 3.63) is 0 Å². The topological polar surface area (TPSA) is 27.1 Å². The summed E-state index contributed by atoms with van der Waals surface area (Å²) in [5.41, 5.74) is 0. The van der Waals surface area contributed by atoms with E-state index in [0.29, 0.717) is 11.0 Å². The third-order valence-corrected chi connectivity index (χ3v) is 2.47. The Morgan fingerprint density at radius 3 is 2.40 bits per heavy atom. The van der Waals surface area contributed by atoms with Crippen molar-refractivity contribution in [2.24, 2.45) is 5.92 Å². The van der Waals surface area contributed by atoms with Crippen LogP contribution >= 0.6 is 12.6 Å². The molecule has 1 aliphatic heterocycles. The van der Waals surface area contributed by atoms with Crippen LogP contribution in [0.2, 0.25) is 0 Å². The zero-order valence-corrected chi connectivity index (χ0v) is 7.19. The predicted molar refractivity (Wildman–Crippen MR) is 46.9 cm³/mol. The fourth-order valence-electron chi connectivity index (χ4n) is 1.28. The number of likely N-dealkylation sites (tertiary alicyclic amines) is 1. The molecule has 1 N–H and O–H groups in total. The smallest absolute Gasteiger partial charge is 0.0643 e. The summed E-state index contributed by atoms with van der Waals surface area (Å²) in [6, 6.07) is 0. The van der Waals surface area contributed by atoms with Gasteiger partial charge in [-0.15, -0.1) is 12.6 Å². The average molecular weight is 158 g/mol. The van der Waals surface area contributed by atoms with Crippen LogP contribution in [-0.4, -0.2) is 30.1 Å². The second-order valence-electron chi connectivity index (χ2n) is 2.96. The lowest BCUT2D eigenvalue weighted by Gasteiger charge is -2.27. The molecule has 0 unspecified atom stereocenters. The summed E-state index contributed by atoms with van der Waals surface area (Å²) in [6.45, 7) is 2.24. The number of thiol groups is 1. The van der Waals surface area contributed by atoms with Crippen LogP contribution in [-0.2, 0) is 0 Å². The Balaban J connectivity index is 2.33. The molecule has 1 fully saturated rings. The first-order chi connectivity index (χ1) is 4.70. The molecule has 0 aromatic rings. The summed E-state index contributed by atoms with van der Waals surface area (Å²) in [4.78, 5) is 2.30. The molecule has 10 heavy (non-hydrogen) atoms. The molecule has 0 saturated carbocycles. The van der Waals surface area contributed by atoms with Gasteiger partial charge in [0, 0.05) is 5.92 Å². The minimum absolute atomic E-state index is 0.444. The van der Waals surface area contributed by atoms with Gasteiger partial charge in [0.1, 0.15) is 0 Å². The van der Waals surface area contributed by atoms with E-state index in [-0.39, 0.29) is 0 Å². The number of hydrogen-bond donors (Lipinski definition) is 2. The molecule has 58 valence electrons. The fraction of sp³-hybridized carbons (Fsp3) is 0.857. The molecular formula is C7H14N2S. The van der Waals surface area contributed by atoms with Crippen LogP contribution in [0.25, 0.3) is 0 Å². The summed E-state index contributed by atoms with van der Waals surface area (Å²) < 4.78 is 0. The van der Waals surface area contributed by atoms with Gasteiger partial charge in [-0.3, -0.25) is 5.41 Å². The average Bonchev–Trinajstić information content (AvgIpc) is 1.88. The molecule has 1 saturated heterocycles. The molecular weight excluding hydrogens is 144 g/mol. The fourth-order valence-corrected chi connectivity index (χ4v) is 1.54. The third-order valence-electron chi connectivity index (χ3n) is 2.11. The molecule has 1 rings (SSSR count). The lowest BCUT2D eigenvalue weighted by Crippen LogP contribution is -2.32. The Hall–Kier alpha value is -0.0200. The number of piperidine rings is 1. The normalized spacial score (nSPS) is 23.0. The number of rotatable bonds is 1. The molecule has 0 aromatic heterocycles. The molecule has 0 aliphatic carbocycles. The monoisotopic (exact) mass is 158 g/mol. The zero-order chi connectivity index (χ0) is 7.56. The highest BCUT2D eigenvalue weighted by Crippen LogP contribution is 2.17. The van der Waals surface area contributed by atoms with Crippen molar-refractivity contribution < 1.29 is 0 Å². The van der Waals surface area contributed by atoms with Crippen LogP contribution in [0, 0.1) is 11.3 Å². The van der Waals surface area contributed by atoms with E-state index in [9.17, 15) is 0 Å². The minimum atomic E-state index is 0.444. The van der Waals surface area contributed by atoms with Crippen LogP contribution in [0.4, 0.5) is 0 Å². The summed E-state index contributed by atoms with van der Waals surface area (Å²) in [5, 5.41) is 7.86. The van der Waals surface area contributed by atoms with E-state index in [1.807, 2.05) is 0 Å². The molecule has 1 aliphatic rings. The van der Waals surface area contributed by atoms with Crippen molar-refractivity contribution in [1.82, 2.24) is 4.90 Å². The molecule has 0 spiro atoms. The van der Waals surface area contributed by atoms with Crippen molar-refractivity contribution in [2.75, 3.05) is 20.1 Å². The SMILES string of the molecule is CN1CCC(C(=N)S)CC1. The van der Waals surface area contributed by atoms with Gasteiger partial charge in [-0.2, -0.15) is 0 Å². The Morgan fingerprint density at radius 1 is 1.50 bits per heavy atom.